The van der Waals surface area contributed by atoms with Crippen molar-refractivity contribution in [1.82, 2.24) is 0 Å². The summed E-state index contributed by atoms with van der Waals surface area (Å²) in [6.07, 6.45) is 0. The zero-order valence-corrected chi connectivity index (χ0v) is 8.24. The number of hydrogen-bond acceptors (Lipinski definition) is 3. The van der Waals surface area contributed by atoms with Crippen LogP contribution in [0, 0.1) is 0 Å². The van der Waals surface area contributed by atoms with Crippen molar-refractivity contribution in [2.75, 3.05) is 0 Å². The number of carbonyl (C=O) groups is 1. The van der Waals surface area contributed by atoms with Crippen LogP contribution in [-0.4, -0.2) is 10.9 Å². The van der Waals surface area contributed by atoms with Gasteiger partial charge < -0.3 is 10.8 Å². The molecule has 0 aliphatic rings. The number of carbonyl (C=O) groups excluding carboxylic acids is 1. The van der Waals surface area contributed by atoms with Gasteiger partial charge in [-0.05, 0) is 38.1 Å². The number of hydrogen-bond donors (Lipinski definition) is 2. The van der Waals surface area contributed by atoms with Crippen LogP contribution in [0.2, 0.25) is 0 Å². The highest BCUT2D eigenvalue weighted by Gasteiger charge is 2.09. The lowest BCUT2D eigenvalue weighted by Crippen LogP contribution is -2.06. The van der Waals surface area contributed by atoms with Crippen LogP contribution in [0.4, 0.5) is 0 Å². The maximum Gasteiger partial charge on any atom is 0.190 e. The summed E-state index contributed by atoms with van der Waals surface area (Å²) in [5.74, 6) is 0.0395. The van der Waals surface area contributed by atoms with Gasteiger partial charge in [-0.25, -0.2) is 0 Å². The first-order chi connectivity index (χ1) is 6.52. The van der Waals surface area contributed by atoms with E-state index in [1.807, 2.05) is 0 Å². The summed E-state index contributed by atoms with van der Waals surface area (Å²) in [6.45, 7) is 3.37. The van der Waals surface area contributed by atoms with Gasteiger partial charge in [-0.15, -0.1) is 0 Å². The Labute approximate surface area is 82.9 Å². The van der Waals surface area contributed by atoms with Crippen molar-refractivity contribution in [1.29, 1.82) is 0 Å². The molecule has 0 saturated carbocycles. The second-order valence-electron chi connectivity index (χ2n) is 3.18. The number of ketones is 1. The van der Waals surface area contributed by atoms with E-state index in [2.05, 4.69) is 0 Å². The third-order valence-corrected chi connectivity index (χ3v) is 2.06. The van der Waals surface area contributed by atoms with E-state index < -0.39 is 0 Å². The summed E-state index contributed by atoms with van der Waals surface area (Å²) in [6, 6.07) is 6.10. The lowest BCUT2D eigenvalue weighted by molar-refractivity contribution is 0.103. The number of allylic oxidation sites excluding steroid dienone is 2. The van der Waals surface area contributed by atoms with Crippen molar-refractivity contribution < 1.29 is 9.90 Å². The molecule has 1 rings (SSSR count). The van der Waals surface area contributed by atoms with Gasteiger partial charge in [0.25, 0.3) is 0 Å². The monoisotopic (exact) mass is 191 g/mol. The summed E-state index contributed by atoms with van der Waals surface area (Å²) in [5.41, 5.74) is 7.10. The number of benzene rings is 1. The van der Waals surface area contributed by atoms with Crippen molar-refractivity contribution >= 4 is 5.78 Å². The maximum absolute atomic E-state index is 11.7. The van der Waals surface area contributed by atoms with E-state index in [1.165, 1.54) is 12.1 Å². The Morgan fingerprint density at radius 2 is 1.71 bits per heavy atom. The van der Waals surface area contributed by atoms with Gasteiger partial charge >= 0.3 is 0 Å². The molecule has 3 heteroatoms. The highest BCUT2D eigenvalue weighted by Crippen LogP contribution is 2.13. The van der Waals surface area contributed by atoms with E-state index in [0.717, 1.165) is 0 Å². The molecule has 1 aromatic carbocycles. The smallest absolute Gasteiger partial charge is 0.190 e. The van der Waals surface area contributed by atoms with E-state index in [-0.39, 0.29) is 11.5 Å². The molecule has 74 valence electrons. The average Bonchev–Trinajstić information content (AvgIpc) is 2.16. The van der Waals surface area contributed by atoms with Gasteiger partial charge in [0.05, 0.1) is 0 Å². The van der Waals surface area contributed by atoms with Crippen LogP contribution in [0.3, 0.4) is 0 Å². The van der Waals surface area contributed by atoms with Gasteiger partial charge in [0, 0.05) is 16.8 Å². The van der Waals surface area contributed by atoms with Crippen LogP contribution in [0.15, 0.2) is 35.5 Å². The number of rotatable bonds is 2. The molecule has 0 aromatic heterocycles. The lowest BCUT2D eigenvalue weighted by atomic mass is 10.0. The Kier molecular flexibility index (Phi) is 2.92. The summed E-state index contributed by atoms with van der Waals surface area (Å²) in [4.78, 5) is 11.7. The fourth-order valence-corrected chi connectivity index (χ4v) is 1.01. The highest BCUT2D eigenvalue weighted by molar-refractivity contribution is 6.08. The zero-order chi connectivity index (χ0) is 10.7. The second kappa shape index (κ2) is 3.96. The molecule has 0 aliphatic carbocycles. The van der Waals surface area contributed by atoms with Crippen LogP contribution in [0.1, 0.15) is 24.2 Å². The van der Waals surface area contributed by atoms with Crippen LogP contribution in [0.5, 0.6) is 5.75 Å². The molecular weight excluding hydrogens is 178 g/mol. The molecule has 3 nitrogen and oxygen atoms in total. The topological polar surface area (TPSA) is 63.3 Å². The van der Waals surface area contributed by atoms with Gasteiger partial charge in [-0.3, -0.25) is 4.79 Å². The fourth-order valence-electron chi connectivity index (χ4n) is 1.01. The Morgan fingerprint density at radius 1 is 1.21 bits per heavy atom. The van der Waals surface area contributed by atoms with Crippen LogP contribution in [0.25, 0.3) is 0 Å². The minimum atomic E-state index is -0.106. The molecule has 0 atom stereocenters. The Hall–Kier alpha value is -1.77. The average molecular weight is 191 g/mol. The molecular formula is C11H13NO2. The summed E-state index contributed by atoms with van der Waals surface area (Å²) in [7, 11) is 0. The minimum Gasteiger partial charge on any atom is -0.508 e. The number of aromatic hydroxyl groups is 1. The number of nitrogens with two attached hydrogens (primary N) is 1. The van der Waals surface area contributed by atoms with Crippen molar-refractivity contribution in [3.8, 4) is 5.75 Å². The van der Waals surface area contributed by atoms with Crippen molar-refractivity contribution in [2.45, 2.75) is 13.8 Å². The van der Waals surface area contributed by atoms with E-state index in [4.69, 9.17) is 10.8 Å². The Bertz CT molecular complexity index is 373. The Morgan fingerprint density at radius 3 is 2.14 bits per heavy atom. The molecule has 0 unspecified atom stereocenters. The summed E-state index contributed by atoms with van der Waals surface area (Å²) >= 11 is 0. The molecule has 14 heavy (non-hydrogen) atoms. The number of phenols is 1. The number of phenolic OH excluding ortho intramolecular Hbond substituents is 1. The summed E-state index contributed by atoms with van der Waals surface area (Å²) in [5, 5.41) is 9.04. The van der Waals surface area contributed by atoms with E-state index in [0.29, 0.717) is 16.8 Å². The highest BCUT2D eigenvalue weighted by atomic mass is 16.3. The molecule has 0 aliphatic heterocycles. The van der Waals surface area contributed by atoms with Crippen molar-refractivity contribution in [3.05, 3.63) is 41.1 Å². The molecule has 0 bridgehead atoms. The van der Waals surface area contributed by atoms with E-state index >= 15 is 0 Å². The molecule has 0 spiro atoms. The van der Waals surface area contributed by atoms with Crippen molar-refractivity contribution in [3.63, 3.8) is 0 Å². The standard InChI is InChI=1S/C11H13NO2/c1-7(8(2)12)11(14)9-3-5-10(13)6-4-9/h3-6,13H,12H2,1-2H3/b8-7-. The largest absolute Gasteiger partial charge is 0.508 e. The van der Waals surface area contributed by atoms with Gasteiger partial charge in [0.1, 0.15) is 5.75 Å². The molecule has 0 amide bonds. The summed E-state index contributed by atoms with van der Waals surface area (Å²) < 4.78 is 0. The lowest BCUT2D eigenvalue weighted by Gasteiger charge is -2.02. The number of Topliss-reactive ketones (excluding diaryl/α,β-unsaturated/α-hetero) is 1. The predicted molar refractivity (Wildman–Crippen MR) is 55.0 cm³/mol. The maximum atomic E-state index is 11.7. The first kappa shape index (κ1) is 10.3. The van der Waals surface area contributed by atoms with Crippen LogP contribution < -0.4 is 5.73 Å². The molecule has 0 fully saturated rings. The molecule has 3 N–H and O–H groups in total. The normalized spacial score (nSPS) is 12.1. The fraction of sp³-hybridized carbons (Fsp3) is 0.182. The van der Waals surface area contributed by atoms with Gasteiger partial charge in [0.15, 0.2) is 5.78 Å². The van der Waals surface area contributed by atoms with Gasteiger partial charge in [-0.2, -0.15) is 0 Å². The minimum absolute atomic E-state index is 0.106. The van der Waals surface area contributed by atoms with Crippen molar-refractivity contribution in [2.24, 2.45) is 5.73 Å². The van der Waals surface area contributed by atoms with Crippen LogP contribution >= 0.6 is 0 Å². The van der Waals surface area contributed by atoms with E-state index in [1.54, 1.807) is 26.0 Å². The zero-order valence-electron chi connectivity index (χ0n) is 8.24. The predicted octanol–water partition coefficient (Wildman–Crippen LogP) is 1.83. The first-order valence-electron chi connectivity index (χ1n) is 4.29. The SMILES string of the molecule is C/C(N)=C(\C)C(=O)c1ccc(O)cc1. The third-order valence-electron chi connectivity index (χ3n) is 2.06. The van der Waals surface area contributed by atoms with Gasteiger partial charge in [-0.1, -0.05) is 0 Å². The third kappa shape index (κ3) is 2.13. The van der Waals surface area contributed by atoms with Crippen LogP contribution in [-0.2, 0) is 0 Å². The second-order valence-corrected chi connectivity index (χ2v) is 3.18. The molecule has 0 saturated heterocycles. The molecule has 0 heterocycles. The quantitative estimate of drug-likeness (QED) is 0.553. The van der Waals surface area contributed by atoms with E-state index in [9.17, 15) is 4.79 Å². The first-order valence-corrected chi connectivity index (χ1v) is 4.29. The Balaban J connectivity index is 3.02. The van der Waals surface area contributed by atoms with Gasteiger partial charge in [0.2, 0.25) is 0 Å². The molecule has 0 radical (unpaired) electrons. The molecule has 1 aromatic rings.